The van der Waals surface area contributed by atoms with E-state index < -0.39 is 0 Å². The van der Waals surface area contributed by atoms with Crippen LogP contribution >= 0.6 is 11.6 Å². The van der Waals surface area contributed by atoms with Crippen LogP contribution in [-0.4, -0.2) is 24.4 Å². The molecule has 104 valence electrons. The Morgan fingerprint density at radius 3 is 2.47 bits per heavy atom. The first-order valence-electron chi connectivity index (χ1n) is 5.99. The smallest absolute Gasteiger partial charge is 0.238 e. The molecule has 0 bridgehead atoms. The molecule has 0 spiro atoms. The van der Waals surface area contributed by atoms with Gasteiger partial charge in [-0.05, 0) is 18.2 Å². The van der Waals surface area contributed by atoms with Gasteiger partial charge in [-0.2, -0.15) is 0 Å². The summed E-state index contributed by atoms with van der Waals surface area (Å²) in [6.45, 7) is 5.57. The van der Waals surface area contributed by atoms with Crippen molar-refractivity contribution in [2.75, 3.05) is 17.2 Å². The number of anilines is 2. The van der Waals surface area contributed by atoms with Gasteiger partial charge in [0.1, 0.15) is 0 Å². The largest absolute Gasteiger partial charge is 0.325 e. The van der Waals surface area contributed by atoms with E-state index in [2.05, 4.69) is 16.0 Å². The van der Waals surface area contributed by atoms with E-state index in [9.17, 15) is 9.59 Å². The molecular weight excluding hydrogens is 266 g/mol. The first kappa shape index (κ1) is 15.5. The maximum atomic E-state index is 11.6. The molecule has 0 aliphatic carbocycles. The Kier molecular flexibility index (Phi) is 5.79. The number of rotatable bonds is 5. The summed E-state index contributed by atoms with van der Waals surface area (Å²) in [7, 11) is 0. The SMILES string of the molecule is CC(=O)Nc1ccc(NC(=O)CNC(C)C)cc1Cl. The normalized spacial score (nSPS) is 10.4. The average Bonchev–Trinajstić information content (AvgIpc) is 2.29. The number of hydrogen-bond acceptors (Lipinski definition) is 3. The molecular formula is C13H18ClN3O2. The van der Waals surface area contributed by atoms with E-state index in [1.54, 1.807) is 18.2 Å². The van der Waals surface area contributed by atoms with E-state index in [-0.39, 0.29) is 24.4 Å². The monoisotopic (exact) mass is 283 g/mol. The summed E-state index contributed by atoms with van der Waals surface area (Å²) in [5.74, 6) is -0.336. The maximum absolute atomic E-state index is 11.6. The maximum Gasteiger partial charge on any atom is 0.238 e. The molecule has 2 amide bonds. The third-order valence-electron chi connectivity index (χ3n) is 2.23. The third-order valence-corrected chi connectivity index (χ3v) is 2.55. The number of carbonyl (C=O) groups excluding carboxylic acids is 2. The van der Waals surface area contributed by atoms with Gasteiger partial charge in [0.25, 0.3) is 0 Å². The zero-order chi connectivity index (χ0) is 14.4. The number of halogens is 1. The summed E-state index contributed by atoms with van der Waals surface area (Å²) in [5.41, 5.74) is 1.11. The summed E-state index contributed by atoms with van der Waals surface area (Å²) in [4.78, 5) is 22.5. The Morgan fingerprint density at radius 2 is 1.95 bits per heavy atom. The highest BCUT2D eigenvalue weighted by Crippen LogP contribution is 2.25. The van der Waals surface area contributed by atoms with Crippen LogP contribution in [0, 0.1) is 0 Å². The molecule has 1 rings (SSSR count). The molecule has 0 aromatic heterocycles. The lowest BCUT2D eigenvalue weighted by Crippen LogP contribution is -2.32. The molecule has 0 aliphatic rings. The second kappa shape index (κ2) is 7.11. The summed E-state index contributed by atoms with van der Waals surface area (Å²) in [6, 6.07) is 5.18. The van der Waals surface area contributed by atoms with Crippen molar-refractivity contribution in [2.45, 2.75) is 26.8 Å². The van der Waals surface area contributed by atoms with E-state index in [0.29, 0.717) is 16.4 Å². The van der Waals surface area contributed by atoms with Crippen molar-refractivity contribution >= 4 is 34.8 Å². The summed E-state index contributed by atoms with van der Waals surface area (Å²) in [5, 5.41) is 8.71. The van der Waals surface area contributed by atoms with Gasteiger partial charge in [0, 0.05) is 18.7 Å². The molecule has 1 aromatic rings. The van der Waals surface area contributed by atoms with Gasteiger partial charge in [-0.3, -0.25) is 9.59 Å². The first-order chi connectivity index (χ1) is 8.88. The predicted octanol–water partition coefficient (Wildman–Crippen LogP) is 2.23. The highest BCUT2D eigenvalue weighted by atomic mass is 35.5. The Balaban J connectivity index is 2.63. The third kappa shape index (κ3) is 5.72. The van der Waals surface area contributed by atoms with Gasteiger partial charge in [-0.1, -0.05) is 25.4 Å². The van der Waals surface area contributed by atoms with Gasteiger partial charge < -0.3 is 16.0 Å². The Morgan fingerprint density at radius 1 is 1.26 bits per heavy atom. The zero-order valence-corrected chi connectivity index (χ0v) is 12.0. The van der Waals surface area contributed by atoms with Crippen LogP contribution in [0.3, 0.4) is 0 Å². The molecule has 0 fully saturated rings. The van der Waals surface area contributed by atoms with Gasteiger partial charge in [0.15, 0.2) is 0 Å². The summed E-state index contributed by atoms with van der Waals surface area (Å²) in [6.07, 6.45) is 0. The van der Waals surface area contributed by atoms with Crippen LogP contribution in [0.2, 0.25) is 5.02 Å². The van der Waals surface area contributed by atoms with Gasteiger partial charge in [0.2, 0.25) is 11.8 Å². The Bertz CT molecular complexity index is 475. The van der Waals surface area contributed by atoms with Crippen LogP contribution < -0.4 is 16.0 Å². The second-order valence-corrected chi connectivity index (χ2v) is 4.87. The predicted molar refractivity (Wildman–Crippen MR) is 77.5 cm³/mol. The average molecular weight is 284 g/mol. The van der Waals surface area contributed by atoms with E-state index in [1.807, 2.05) is 13.8 Å². The fraction of sp³-hybridized carbons (Fsp3) is 0.385. The lowest BCUT2D eigenvalue weighted by Gasteiger charge is -2.10. The minimum atomic E-state index is -0.195. The van der Waals surface area contributed by atoms with Crippen molar-refractivity contribution in [1.29, 1.82) is 0 Å². The quantitative estimate of drug-likeness (QED) is 0.776. The number of amides is 2. The molecule has 0 aliphatic heterocycles. The van der Waals surface area contributed by atoms with Crippen LogP contribution in [0.5, 0.6) is 0 Å². The zero-order valence-electron chi connectivity index (χ0n) is 11.2. The van der Waals surface area contributed by atoms with Gasteiger partial charge >= 0.3 is 0 Å². The Labute approximate surface area is 117 Å². The highest BCUT2D eigenvalue weighted by molar-refractivity contribution is 6.34. The Hall–Kier alpha value is -1.59. The van der Waals surface area contributed by atoms with E-state index in [0.717, 1.165) is 0 Å². The fourth-order valence-corrected chi connectivity index (χ4v) is 1.61. The molecule has 0 saturated heterocycles. The van der Waals surface area contributed by atoms with Crippen LogP contribution in [0.4, 0.5) is 11.4 Å². The van der Waals surface area contributed by atoms with Crippen molar-refractivity contribution in [1.82, 2.24) is 5.32 Å². The molecule has 19 heavy (non-hydrogen) atoms. The van der Waals surface area contributed by atoms with Crippen molar-refractivity contribution < 1.29 is 9.59 Å². The molecule has 5 nitrogen and oxygen atoms in total. The van der Waals surface area contributed by atoms with Crippen molar-refractivity contribution in [3.63, 3.8) is 0 Å². The van der Waals surface area contributed by atoms with Crippen molar-refractivity contribution in [3.05, 3.63) is 23.2 Å². The summed E-state index contributed by atoms with van der Waals surface area (Å²) < 4.78 is 0. The number of nitrogens with one attached hydrogen (secondary N) is 3. The second-order valence-electron chi connectivity index (χ2n) is 4.46. The van der Waals surface area contributed by atoms with E-state index in [4.69, 9.17) is 11.6 Å². The lowest BCUT2D eigenvalue weighted by atomic mass is 10.2. The highest BCUT2D eigenvalue weighted by Gasteiger charge is 2.06. The molecule has 0 radical (unpaired) electrons. The van der Waals surface area contributed by atoms with Gasteiger partial charge in [-0.25, -0.2) is 0 Å². The van der Waals surface area contributed by atoms with Crippen LogP contribution in [0.15, 0.2) is 18.2 Å². The minimum absolute atomic E-state index is 0.142. The number of hydrogen-bond donors (Lipinski definition) is 3. The standard InChI is InChI=1S/C13H18ClN3O2/c1-8(2)15-7-13(19)17-10-4-5-12(11(14)6-10)16-9(3)18/h4-6,8,15H,7H2,1-3H3,(H,16,18)(H,17,19). The van der Waals surface area contributed by atoms with Gasteiger partial charge in [-0.15, -0.1) is 0 Å². The molecule has 1 aromatic carbocycles. The van der Waals surface area contributed by atoms with Crippen LogP contribution in [0.25, 0.3) is 0 Å². The number of carbonyl (C=O) groups is 2. The van der Waals surface area contributed by atoms with Crippen molar-refractivity contribution in [2.24, 2.45) is 0 Å². The molecule has 0 saturated carbocycles. The van der Waals surface area contributed by atoms with Gasteiger partial charge in [0.05, 0.1) is 17.3 Å². The fourth-order valence-electron chi connectivity index (χ4n) is 1.39. The summed E-state index contributed by atoms with van der Waals surface area (Å²) >= 11 is 6.00. The minimum Gasteiger partial charge on any atom is -0.325 e. The van der Waals surface area contributed by atoms with Crippen molar-refractivity contribution in [3.8, 4) is 0 Å². The topological polar surface area (TPSA) is 70.2 Å². The van der Waals surface area contributed by atoms with Crippen LogP contribution in [0.1, 0.15) is 20.8 Å². The molecule has 0 unspecified atom stereocenters. The molecule has 3 N–H and O–H groups in total. The van der Waals surface area contributed by atoms with E-state index >= 15 is 0 Å². The lowest BCUT2D eigenvalue weighted by molar-refractivity contribution is -0.115. The van der Waals surface area contributed by atoms with Crippen LogP contribution in [-0.2, 0) is 9.59 Å². The first-order valence-corrected chi connectivity index (χ1v) is 6.36. The molecule has 0 atom stereocenters. The molecule has 6 heteroatoms. The number of benzene rings is 1. The van der Waals surface area contributed by atoms with E-state index in [1.165, 1.54) is 6.92 Å². The molecule has 0 heterocycles.